The highest BCUT2D eigenvalue weighted by atomic mass is 35.5. The number of aryl methyl sites for hydroxylation is 2. The lowest BCUT2D eigenvalue weighted by atomic mass is 10.1. The van der Waals surface area contributed by atoms with Crippen LogP contribution in [0.2, 0.25) is 5.02 Å². The fourth-order valence-corrected chi connectivity index (χ4v) is 3.92. The second-order valence-corrected chi connectivity index (χ2v) is 7.29. The zero-order valence-corrected chi connectivity index (χ0v) is 15.5. The van der Waals surface area contributed by atoms with Crippen molar-refractivity contribution in [3.05, 3.63) is 63.5 Å². The number of thiophene rings is 1. The van der Waals surface area contributed by atoms with Crippen LogP contribution in [0.25, 0.3) is 10.1 Å². The molecule has 0 bridgehead atoms. The minimum atomic E-state index is -0.303. The summed E-state index contributed by atoms with van der Waals surface area (Å²) >= 11 is 12.9. The lowest BCUT2D eigenvalue weighted by molar-refractivity contribution is 0.0982. The third-order valence-corrected chi connectivity index (χ3v) is 5.61. The molecule has 3 nitrogen and oxygen atoms in total. The van der Waals surface area contributed by atoms with E-state index >= 15 is 0 Å². The van der Waals surface area contributed by atoms with Crippen molar-refractivity contribution in [3.63, 3.8) is 0 Å². The summed E-state index contributed by atoms with van der Waals surface area (Å²) < 4.78 is 0.973. The number of carbonyl (C=O) groups excluding carboxylic acids is 1. The van der Waals surface area contributed by atoms with Crippen molar-refractivity contribution in [1.29, 1.82) is 0 Å². The number of amides is 1. The fraction of sp³-hybridized carbons (Fsp3) is 0.111. The van der Waals surface area contributed by atoms with Gasteiger partial charge in [-0.15, -0.1) is 11.3 Å². The molecule has 0 fully saturated rings. The maximum Gasteiger partial charge on any atom is 0.269 e. The van der Waals surface area contributed by atoms with Gasteiger partial charge in [-0.3, -0.25) is 10.1 Å². The molecule has 0 aliphatic heterocycles. The van der Waals surface area contributed by atoms with Gasteiger partial charge in [0.05, 0.1) is 5.02 Å². The summed E-state index contributed by atoms with van der Waals surface area (Å²) in [5.41, 5.74) is 3.19. The number of fused-ring (bicyclic) bond motifs is 1. The molecule has 2 N–H and O–H groups in total. The van der Waals surface area contributed by atoms with Crippen LogP contribution >= 0.6 is 35.2 Å². The number of nitrogens with one attached hydrogen (secondary N) is 2. The van der Waals surface area contributed by atoms with Crippen LogP contribution in [0.5, 0.6) is 0 Å². The molecule has 0 unspecified atom stereocenters. The zero-order valence-electron chi connectivity index (χ0n) is 13.1. The van der Waals surface area contributed by atoms with Gasteiger partial charge in [0.1, 0.15) is 4.88 Å². The summed E-state index contributed by atoms with van der Waals surface area (Å²) in [5.74, 6) is -0.303. The lowest BCUT2D eigenvalue weighted by Gasteiger charge is -2.10. The summed E-state index contributed by atoms with van der Waals surface area (Å²) in [6, 6.07) is 13.6. The predicted molar refractivity (Wildman–Crippen MR) is 106 cm³/mol. The van der Waals surface area contributed by atoms with Crippen LogP contribution in [0.1, 0.15) is 20.8 Å². The van der Waals surface area contributed by atoms with E-state index in [9.17, 15) is 4.79 Å². The molecule has 24 heavy (non-hydrogen) atoms. The van der Waals surface area contributed by atoms with Gasteiger partial charge >= 0.3 is 0 Å². The Morgan fingerprint density at radius 1 is 1.12 bits per heavy atom. The van der Waals surface area contributed by atoms with Crippen molar-refractivity contribution >= 4 is 61.9 Å². The number of rotatable bonds is 2. The van der Waals surface area contributed by atoms with Gasteiger partial charge in [0.25, 0.3) is 5.91 Å². The van der Waals surface area contributed by atoms with Crippen molar-refractivity contribution in [2.75, 3.05) is 5.32 Å². The van der Waals surface area contributed by atoms with E-state index in [0.717, 1.165) is 21.3 Å². The molecule has 3 rings (SSSR count). The van der Waals surface area contributed by atoms with E-state index in [1.165, 1.54) is 16.9 Å². The first kappa shape index (κ1) is 16.9. The van der Waals surface area contributed by atoms with Crippen molar-refractivity contribution in [1.82, 2.24) is 5.32 Å². The Hall–Kier alpha value is -1.95. The average Bonchev–Trinajstić information content (AvgIpc) is 2.88. The Labute approximate surface area is 154 Å². The predicted octanol–water partition coefficient (Wildman–Crippen LogP) is 5.30. The second-order valence-electron chi connectivity index (χ2n) is 5.45. The van der Waals surface area contributed by atoms with E-state index in [4.69, 9.17) is 23.8 Å². The van der Waals surface area contributed by atoms with Gasteiger partial charge in [0.2, 0.25) is 0 Å². The van der Waals surface area contributed by atoms with Gasteiger partial charge in [0.15, 0.2) is 5.11 Å². The highest BCUT2D eigenvalue weighted by molar-refractivity contribution is 7.80. The fourth-order valence-electron chi connectivity index (χ4n) is 2.30. The van der Waals surface area contributed by atoms with Gasteiger partial charge in [-0.2, -0.15) is 0 Å². The minimum absolute atomic E-state index is 0.247. The molecule has 1 amide bonds. The molecule has 1 heterocycles. The molecule has 0 saturated heterocycles. The first-order valence-corrected chi connectivity index (χ1v) is 8.92. The SMILES string of the molecule is Cc1ccc(NC(=S)NC(=O)c2sc3ccccc3c2Cl)cc1C. The van der Waals surface area contributed by atoms with Crippen LogP contribution in [0.15, 0.2) is 42.5 Å². The van der Waals surface area contributed by atoms with Crippen molar-refractivity contribution < 1.29 is 4.79 Å². The number of thiocarbonyl (C=S) groups is 1. The molecule has 0 aliphatic carbocycles. The number of hydrogen-bond donors (Lipinski definition) is 2. The van der Waals surface area contributed by atoms with E-state index < -0.39 is 0 Å². The molecule has 122 valence electrons. The average molecular weight is 375 g/mol. The second kappa shape index (κ2) is 6.89. The van der Waals surface area contributed by atoms with Crippen LogP contribution < -0.4 is 10.6 Å². The van der Waals surface area contributed by atoms with Crippen LogP contribution in [-0.4, -0.2) is 11.0 Å². The monoisotopic (exact) mass is 374 g/mol. The molecule has 2 aromatic carbocycles. The highest BCUT2D eigenvalue weighted by Crippen LogP contribution is 2.34. The van der Waals surface area contributed by atoms with Crippen LogP contribution in [0.4, 0.5) is 5.69 Å². The molecule has 0 aliphatic rings. The van der Waals surface area contributed by atoms with Gasteiger partial charge in [-0.05, 0) is 55.4 Å². The Bertz CT molecular complexity index is 949. The maximum absolute atomic E-state index is 12.4. The number of halogens is 1. The Morgan fingerprint density at radius 2 is 1.88 bits per heavy atom. The van der Waals surface area contributed by atoms with E-state index in [0.29, 0.717) is 9.90 Å². The standard InChI is InChI=1S/C18H15ClN2OS2/c1-10-7-8-12(9-11(10)2)20-18(23)21-17(22)16-15(19)13-5-3-4-6-14(13)24-16/h3-9H,1-2H3,(H2,20,21,22,23). The molecule has 6 heteroatoms. The lowest BCUT2D eigenvalue weighted by Crippen LogP contribution is -2.33. The smallest absolute Gasteiger partial charge is 0.269 e. The van der Waals surface area contributed by atoms with E-state index in [1.54, 1.807) is 0 Å². The van der Waals surface area contributed by atoms with E-state index in [1.807, 2.05) is 56.3 Å². The summed E-state index contributed by atoms with van der Waals surface area (Å²) in [4.78, 5) is 12.9. The van der Waals surface area contributed by atoms with E-state index in [-0.39, 0.29) is 11.0 Å². The summed E-state index contributed by atoms with van der Waals surface area (Å²) in [5, 5.41) is 7.30. The van der Waals surface area contributed by atoms with Crippen molar-refractivity contribution in [2.45, 2.75) is 13.8 Å². The van der Waals surface area contributed by atoms with Gasteiger partial charge in [-0.25, -0.2) is 0 Å². The molecule has 0 radical (unpaired) electrons. The molecule has 0 spiro atoms. The molecule has 1 aromatic heterocycles. The van der Waals surface area contributed by atoms with Gasteiger partial charge in [-0.1, -0.05) is 35.9 Å². The number of benzene rings is 2. The van der Waals surface area contributed by atoms with Crippen molar-refractivity contribution in [3.8, 4) is 0 Å². The zero-order chi connectivity index (χ0) is 17.3. The molecular weight excluding hydrogens is 360 g/mol. The maximum atomic E-state index is 12.4. The first-order valence-electron chi connectivity index (χ1n) is 7.32. The molecule has 0 atom stereocenters. The molecular formula is C18H15ClN2OS2. The Kier molecular flexibility index (Phi) is 4.85. The minimum Gasteiger partial charge on any atom is -0.332 e. The quantitative estimate of drug-likeness (QED) is 0.598. The number of anilines is 1. The van der Waals surface area contributed by atoms with Crippen molar-refractivity contribution in [2.24, 2.45) is 0 Å². The van der Waals surface area contributed by atoms with Gasteiger partial charge in [0, 0.05) is 15.8 Å². The van der Waals surface area contributed by atoms with Crippen LogP contribution in [0.3, 0.4) is 0 Å². The summed E-state index contributed by atoms with van der Waals surface area (Å²) in [7, 11) is 0. The summed E-state index contributed by atoms with van der Waals surface area (Å²) in [6.45, 7) is 4.07. The van der Waals surface area contributed by atoms with Crippen LogP contribution in [-0.2, 0) is 0 Å². The largest absolute Gasteiger partial charge is 0.332 e. The first-order chi connectivity index (χ1) is 11.5. The number of carbonyl (C=O) groups is 1. The van der Waals surface area contributed by atoms with Gasteiger partial charge < -0.3 is 5.32 Å². The highest BCUT2D eigenvalue weighted by Gasteiger charge is 2.17. The Balaban J connectivity index is 1.74. The Morgan fingerprint density at radius 3 is 2.58 bits per heavy atom. The molecule has 3 aromatic rings. The third kappa shape index (κ3) is 3.43. The number of hydrogen-bond acceptors (Lipinski definition) is 3. The summed E-state index contributed by atoms with van der Waals surface area (Å²) in [6.07, 6.45) is 0. The topological polar surface area (TPSA) is 41.1 Å². The van der Waals surface area contributed by atoms with Crippen LogP contribution in [0, 0.1) is 13.8 Å². The molecule has 0 saturated carbocycles. The third-order valence-electron chi connectivity index (χ3n) is 3.73. The normalized spacial score (nSPS) is 10.6. The van der Waals surface area contributed by atoms with E-state index in [2.05, 4.69) is 10.6 Å².